The molecule has 0 fully saturated rings. The number of hydroxylamine groups is 1. The lowest BCUT2D eigenvalue weighted by atomic mass is 10.1. The minimum absolute atomic E-state index is 0.117. The first-order chi connectivity index (χ1) is 12.8. The molecular weight excluding hydrogens is 476 g/mol. The van der Waals surface area contributed by atoms with Crippen LogP contribution in [-0.2, 0) is 4.84 Å². The van der Waals surface area contributed by atoms with Gasteiger partial charge >= 0.3 is 0 Å². The van der Waals surface area contributed by atoms with E-state index in [1.165, 1.54) is 12.1 Å². The molecule has 9 heteroatoms. The third kappa shape index (κ3) is 5.81. The molecule has 2 aromatic rings. The number of carbonyl (C=O) groups is 1. The number of rotatable bonds is 8. The second-order valence-corrected chi connectivity index (χ2v) is 6.96. The summed E-state index contributed by atoms with van der Waals surface area (Å²) < 4.78 is 42.5. The van der Waals surface area contributed by atoms with Gasteiger partial charge < -0.3 is 10.4 Å². The Hall–Kier alpha value is -1.85. The summed E-state index contributed by atoms with van der Waals surface area (Å²) in [5.41, 5.74) is 1.14. The van der Waals surface area contributed by atoms with Gasteiger partial charge in [-0.05, 0) is 59.3 Å². The first-order valence-corrected chi connectivity index (χ1v) is 9.21. The van der Waals surface area contributed by atoms with E-state index in [1.807, 2.05) is 29.5 Å². The lowest BCUT2D eigenvalue weighted by molar-refractivity contribution is -0.0149. The van der Waals surface area contributed by atoms with E-state index in [2.05, 4.69) is 10.8 Å². The van der Waals surface area contributed by atoms with Crippen LogP contribution in [0.1, 0.15) is 30.1 Å². The number of amides is 1. The highest BCUT2D eigenvalue weighted by Gasteiger charge is 2.20. The van der Waals surface area contributed by atoms with Crippen molar-refractivity contribution in [2.24, 2.45) is 0 Å². The van der Waals surface area contributed by atoms with Crippen molar-refractivity contribution in [2.45, 2.75) is 25.9 Å². The van der Waals surface area contributed by atoms with Gasteiger partial charge in [0.1, 0.15) is 12.4 Å². The van der Waals surface area contributed by atoms with E-state index < -0.39 is 35.2 Å². The summed E-state index contributed by atoms with van der Waals surface area (Å²) in [6.07, 6.45) is 0.454. The lowest BCUT2D eigenvalue weighted by Crippen LogP contribution is -2.29. The van der Waals surface area contributed by atoms with Crippen LogP contribution < -0.4 is 10.8 Å². The fourth-order valence-electron chi connectivity index (χ4n) is 2.26. The fraction of sp³-hybridized carbons (Fsp3) is 0.278. The van der Waals surface area contributed by atoms with Crippen molar-refractivity contribution in [3.63, 3.8) is 0 Å². The summed E-state index contributed by atoms with van der Waals surface area (Å²) in [6, 6.07) is 5.96. The van der Waals surface area contributed by atoms with Gasteiger partial charge in [-0.1, -0.05) is 13.3 Å². The van der Waals surface area contributed by atoms with Crippen LogP contribution in [0, 0.1) is 21.0 Å². The smallest absolute Gasteiger partial charge is 0.277 e. The van der Waals surface area contributed by atoms with Gasteiger partial charge in [0, 0.05) is 3.57 Å². The number of aliphatic hydroxyl groups is 1. The third-order valence-electron chi connectivity index (χ3n) is 3.59. The summed E-state index contributed by atoms with van der Waals surface area (Å²) in [4.78, 5) is 17.2. The molecule has 1 amide bonds. The first-order valence-electron chi connectivity index (χ1n) is 8.13. The predicted octanol–water partition coefficient (Wildman–Crippen LogP) is 4.27. The number of hydrogen-bond donors (Lipinski definition) is 3. The maximum atomic E-state index is 14.2. The molecule has 1 unspecified atom stereocenters. The molecule has 0 saturated carbocycles. The molecule has 0 spiro atoms. The SMILES string of the molecule is CCCC(O)CONC(=O)c1ccc(F)c(F)c1Nc1ccc(I)cc1F. The van der Waals surface area contributed by atoms with Crippen molar-refractivity contribution >= 4 is 39.9 Å². The number of aliphatic hydroxyl groups excluding tert-OH is 1. The highest BCUT2D eigenvalue weighted by Crippen LogP contribution is 2.28. The molecule has 0 aliphatic heterocycles. The molecule has 3 N–H and O–H groups in total. The van der Waals surface area contributed by atoms with Crippen molar-refractivity contribution in [3.05, 3.63) is 56.9 Å². The molecule has 0 aliphatic rings. The monoisotopic (exact) mass is 494 g/mol. The molecule has 0 aliphatic carbocycles. The average molecular weight is 494 g/mol. The standard InChI is InChI=1S/C18H18F3IN2O3/c1-2-3-11(25)9-27-24-18(26)12-5-6-13(19)16(21)17(12)23-15-7-4-10(22)8-14(15)20/h4-8,11,23,25H,2-3,9H2,1H3,(H,24,26). The zero-order chi connectivity index (χ0) is 20.0. The Morgan fingerprint density at radius 1 is 1.22 bits per heavy atom. The molecule has 2 aromatic carbocycles. The summed E-state index contributed by atoms with van der Waals surface area (Å²) in [6.45, 7) is 1.72. The van der Waals surface area contributed by atoms with E-state index >= 15 is 0 Å². The maximum Gasteiger partial charge on any atom is 0.277 e. The van der Waals surface area contributed by atoms with Gasteiger partial charge in [0.2, 0.25) is 0 Å². The number of benzene rings is 2. The van der Waals surface area contributed by atoms with Crippen molar-refractivity contribution in [1.82, 2.24) is 5.48 Å². The van der Waals surface area contributed by atoms with Crippen molar-refractivity contribution < 1.29 is 27.9 Å². The Balaban J connectivity index is 2.21. The van der Waals surface area contributed by atoms with E-state index in [-0.39, 0.29) is 17.9 Å². The molecule has 0 saturated heterocycles. The van der Waals surface area contributed by atoms with Crippen LogP contribution in [0.15, 0.2) is 30.3 Å². The Bertz CT molecular complexity index is 821. The van der Waals surface area contributed by atoms with Crippen LogP contribution in [0.2, 0.25) is 0 Å². The molecule has 0 bridgehead atoms. The molecule has 1 atom stereocenters. The van der Waals surface area contributed by atoms with Crippen molar-refractivity contribution in [2.75, 3.05) is 11.9 Å². The molecular formula is C18H18F3IN2O3. The maximum absolute atomic E-state index is 14.2. The quantitative estimate of drug-likeness (QED) is 0.379. The van der Waals surface area contributed by atoms with Crippen LogP contribution >= 0.6 is 22.6 Å². The molecule has 0 aromatic heterocycles. The van der Waals surface area contributed by atoms with Crippen LogP contribution in [0.25, 0.3) is 0 Å². The molecule has 0 heterocycles. The Morgan fingerprint density at radius 3 is 2.63 bits per heavy atom. The van der Waals surface area contributed by atoms with Gasteiger partial charge in [0.05, 0.1) is 23.0 Å². The van der Waals surface area contributed by atoms with Crippen molar-refractivity contribution in [3.8, 4) is 0 Å². The predicted molar refractivity (Wildman–Crippen MR) is 103 cm³/mol. The summed E-state index contributed by atoms with van der Waals surface area (Å²) in [5.74, 6) is -4.08. The summed E-state index contributed by atoms with van der Waals surface area (Å²) in [7, 11) is 0. The zero-order valence-corrected chi connectivity index (χ0v) is 16.5. The van der Waals surface area contributed by atoms with Crippen LogP contribution in [0.4, 0.5) is 24.5 Å². The number of halogens is 4. The number of carbonyl (C=O) groups excluding carboxylic acids is 1. The average Bonchev–Trinajstić information content (AvgIpc) is 2.61. The number of hydrogen-bond acceptors (Lipinski definition) is 4. The van der Waals surface area contributed by atoms with E-state index in [9.17, 15) is 23.1 Å². The zero-order valence-electron chi connectivity index (χ0n) is 14.4. The Morgan fingerprint density at radius 2 is 1.96 bits per heavy atom. The van der Waals surface area contributed by atoms with Gasteiger partial charge in [-0.25, -0.2) is 18.7 Å². The molecule has 2 rings (SSSR count). The summed E-state index contributed by atoms with van der Waals surface area (Å²) >= 11 is 1.91. The normalized spacial score (nSPS) is 11.9. The summed E-state index contributed by atoms with van der Waals surface area (Å²) in [5, 5.41) is 12.0. The van der Waals surface area contributed by atoms with Gasteiger partial charge in [-0.15, -0.1) is 0 Å². The van der Waals surface area contributed by atoms with E-state index in [0.29, 0.717) is 9.99 Å². The largest absolute Gasteiger partial charge is 0.391 e. The number of nitrogens with one attached hydrogen (secondary N) is 2. The Kier molecular flexibility index (Phi) is 7.87. The molecule has 146 valence electrons. The van der Waals surface area contributed by atoms with Crippen molar-refractivity contribution in [1.29, 1.82) is 0 Å². The van der Waals surface area contributed by atoms with Gasteiger partial charge in [-0.2, -0.15) is 0 Å². The van der Waals surface area contributed by atoms with Crippen LogP contribution in [0.3, 0.4) is 0 Å². The van der Waals surface area contributed by atoms with Gasteiger partial charge in [-0.3, -0.25) is 9.63 Å². The second-order valence-electron chi connectivity index (χ2n) is 5.72. The molecule has 0 radical (unpaired) electrons. The molecule has 27 heavy (non-hydrogen) atoms. The molecule has 5 nitrogen and oxygen atoms in total. The van der Waals surface area contributed by atoms with E-state index in [4.69, 9.17) is 4.84 Å². The topological polar surface area (TPSA) is 70.6 Å². The number of anilines is 2. The van der Waals surface area contributed by atoms with Gasteiger partial charge in [0.25, 0.3) is 5.91 Å². The highest BCUT2D eigenvalue weighted by atomic mass is 127. The van der Waals surface area contributed by atoms with E-state index in [0.717, 1.165) is 18.6 Å². The minimum atomic E-state index is -1.33. The van der Waals surface area contributed by atoms with Crippen LogP contribution in [0.5, 0.6) is 0 Å². The Labute approximate surface area is 168 Å². The minimum Gasteiger partial charge on any atom is -0.391 e. The van der Waals surface area contributed by atoms with E-state index in [1.54, 1.807) is 6.07 Å². The van der Waals surface area contributed by atoms with Gasteiger partial charge in [0.15, 0.2) is 11.6 Å². The first kappa shape index (κ1) is 21.5. The van der Waals surface area contributed by atoms with Crippen LogP contribution in [-0.4, -0.2) is 23.7 Å². The second kappa shape index (κ2) is 9.90. The highest BCUT2D eigenvalue weighted by molar-refractivity contribution is 14.1. The lowest BCUT2D eigenvalue weighted by Gasteiger charge is -2.15. The fourth-order valence-corrected chi connectivity index (χ4v) is 2.72. The third-order valence-corrected chi connectivity index (χ3v) is 4.26.